The first-order valence-electron chi connectivity index (χ1n) is 8.40. The fraction of sp³-hybridized carbons (Fsp3) is 0.333. The molecular weight excluding hydrogens is 340 g/mol. The van der Waals surface area contributed by atoms with Gasteiger partial charge < -0.3 is 22.1 Å². The molecule has 0 spiro atoms. The van der Waals surface area contributed by atoms with Crippen LogP contribution in [0, 0.1) is 17.6 Å². The van der Waals surface area contributed by atoms with E-state index in [-0.39, 0.29) is 29.3 Å². The third-order valence-electron chi connectivity index (χ3n) is 4.35. The Morgan fingerprint density at radius 3 is 2.42 bits per heavy atom. The van der Waals surface area contributed by atoms with E-state index in [2.05, 4.69) is 15.6 Å². The van der Waals surface area contributed by atoms with Crippen LogP contribution in [0.2, 0.25) is 0 Å². The van der Waals surface area contributed by atoms with Crippen LogP contribution in [0.1, 0.15) is 30.1 Å². The van der Waals surface area contributed by atoms with E-state index in [1.807, 2.05) is 6.92 Å². The minimum Gasteiger partial charge on any atom is -0.365 e. The third-order valence-corrected chi connectivity index (χ3v) is 4.35. The smallest absolute Gasteiger partial charge is 0.252 e. The summed E-state index contributed by atoms with van der Waals surface area (Å²) in [6.07, 6.45) is 2.06. The maximum absolute atomic E-state index is 14.4. The number of hydrogen-bond acceptors (Lipinski definition) is 5. The molecule has 6 nitrogen and oxygen atoms in total. The van der Waals surface area contributed by atoms with Gasteiger partial charge in [-0.25, -0.2) is 13.8 Å². The Labute approximate surface area is 150 Å². The van der Waals surface area contributed by atoms with Crippen LogP contribution >= 0.6 is 0 Å². The number of rotatable bonds is 7. The molecule has 1 amide bonds. The van der Waals surface area contributed by atoms with Gasteiger partial charge in [-0.05, 0) is 56.0 Å². The Bertz CT molecular complexity index is 804. The summed E-state index contributed by atoms with van der Waals surface area (Å²) in [7, 11) is 0. The first-order chi connectivity index (χ1) is 12.3. The summed E-state index contributed by atoms with van der Waals surface area (Å²) in [5, 5.41) is 5.93. The molecule has 6 N–H and O–H groups in total. The van der Waals surface area contributed by atoms with Gasteiger partial charge in [-0.2, -0.15) is 0 Å². The fourth-order valence-electron chi connectivity index (χ4n) is 2.83. The number of carbonyl (C=O) groups excluding carboxylic acids is 1. The minimum atomic E-state index is -0.821. The second kappa shape index (κ2) is 7.25. The van der Waals surface area contributed by atoms with Gasteiger partial charge in [0, 0.05) is 17.8 Å². The van der Waals surface area contributed by atoms with E-state index in [1.54, 1.807) is 0 Å². The van der Waals surface area contributed by atoms with Crippen molar-refractivity contribution >= 4 is 23.2 Å². The van der Waals surface area contributed by atoms with Crippen molar-refractivity contribution in [1.82, 2.24) is 4.98 Å². The van der Waals surface area contributed by atoms with E-state index in [9.17, 15) is 13.6 Å². The molecule has 1 heterocycles. The van der Waals surface area contributed by atoms with Gasteiger partial charge in [0.25, 0.3) is 5.91 Å². The molecule has 138 valence electrons. The van der Waals surface area contributed by atoms with Gasteiger partial charge in [0.2, 0.25) is 0 Å². The number of nitrogens with two attached hydrogens (primary N) is 2. The third kappa shape index (κ3) is 4.08. The first kappa shape index (κ1) is 18.1. The number of carbonyl (C=O) groups is 1. The van der Waals surface area contributed by atoms with E-state index in [0.29, 0.717) is 11.6 Å². The van der Waals surface area contributed by atoms with Crippen LogP contribution in [0.5, 0.6) is 0 Å². The van der Waals surface area contributed by atoms with Crippen molar-refractivity contribution in [2.24, 2.45) is 17.4 Å². The molecule has 1 aromatic heterocycles. The summed E-state index contributed by atoms with van der Waals surface area (Å²) in [6.45, 7) is 1.85. The van der Waals surface area contributed by atoms with Crippen molar-refractivity contribution in [1.29, 1.82) is 0 Å². The first-order valence-corrected chi connectivity index (χ1v) is 8.40. The average molecular weight is 361 g/mol. The molecule has 2 atom stereocenters. The summed E-state index contributed by atoms with van der Waals surface area (Å²) < 4.78 is 27.5. The van der Waals surface area contributed by atoms with Gasteiger partial charge in [0.15, 0.2) is 11.6 Å². The van der Waals surface area contributed by atoms with Gasteiger partial charge in [0.1, 0.15) is 11.6 Å². The van der Waals surface area contributed by atoms with Crippen LogP contribution < -0.4 is 22.1 Å². The van der Waals surface area contributed by atoms with Crippen LogP contribution in [-0.2, 0) is 0 Å². The standard InChI is InChI=1S/C18H21F2N5O/c1-9(21)15(10-2-3-10)24-18-14(20)8-13(16(22)26)17(25-18)23-12-6-4-11(19)5-7-12/h4-10,15H,2-3,21H2,1H3,(H2,22,26)(H2,23,24,25)/t9-,15-/m0/s1. The number of amides is 1. The molecule has 2 aromatic rings. The molecular formula is C18H21F2N5O. The lowest BCUT2D eigenvalue weighted by atomic mass is 10.1. The minimum absolute atomic E-state index is 0.00573. The van der Waals surface area contributed by atoms with E-state index < -0.39 is 17.5 Å². The van der Waals surface area contributed by atoms with Crippen molar-refractivity contribution in [3.63, 3.8) is 0 Å². The van der Waals surface area contributed by atoms with Gasteiger partial charge in [0.05, 0.1) is 5.56 Å². The fourth-order valence-corrected chi connectivity index (χ4v) is 2.83. The summed E-state index contributed by atoms with van der Waals surface area (Å²) in [5.41, 5.74) is 11.7. The quantitative estimate of drug-likeness (QED) is 0.607. The molecule has 26 heavy (non-hydrogen) atoms. The zero-order valence-corrected chi connectivity index (χ0v) is 14.3. The highest BCUT2D eigenvalue weighted by Crippen LogP contribution is 2.36. The molecule has 1 aliphatic carbocycles. The molecule has 3 rings (SSSR count). The lowest BCUT2D eigenvalue weighted by Crippen LogP contribution is -2.40. The Balaban J connectivity index is 1.93. The topological polar surface area (TPSA) is 106 Å². The second-order valence-electron chi connectivity index (χ2n) is 6.58. The number of benzene rings is 1. The molecule has 0 bridgehead atoms. The molecule has 1 fully saturated rings. The highest BCUT2D eigenvalue weighted by Gasteiger charge is 2.34. The zero-order valence-electron chi connectivity index (χ0n) is 14.3. The summed E-state index contributed by atoms with van der Waals surface area (Å²) in [6, 6.07) is 6.21. The van der Waals surface area contributed by atoms with Crippen molar-refractivity contribution < 1.29 is 13.6 Å². The average Bonchev–Trinajstić information content (AvgIpc) is 3.41. The van der Waals surface area contributed by atoms with Crippen molar-refractivity contribution in [2.45, 2.75) is 31.8 Å². The predicted molar refractivity (Wildman–Crippen MR) is 96.2 cm³/mol. The summed E-state index contributed by atoms with van der Waals surface area (Å²) in [4.78, 5) is 15.8. The molecule has 1 saturated carbocycles. The maximum atomic E-state index is 14.4. The van der Waals surface area contributed by atoms with Crippen molar-refractivity contribution in [3.05, 3.63) is 47.5 Å². The Morgan fingerprint density at radius 1 is 1.23 bits per heavy atom. The molecule has 8 heteroatoms. The molecule has 0 aliphatic heterocycles. The van der Waals surface area contributed by atoms with Gasteiger partial charge in [-0.1, -0.05) is 0 Å². The SMILES string of the molecule is C[C@H](N)[C@H](Nc1nc(Nc2ccc(F)cc2)c(C(N)=O)cc1F)C1CC1. The van der Waals surface area contributed by atoms with Crippen LogP contribution in [0.15, 0.2) is 30.3 Å². The number of aromatic nitrogens is 1. The second-order valence-corrected chi connectivity index (χ2v) is 6.58. The monoisotopic (exact) mass is 361 g/mol. The van der Waals surface area contributed by atoms with Crippen LogP contribution in [-0.4, -0.2) is 23.0 Å². The van der Waals surface area contributed by atoms with Gasteiger partial charge in [-0.3, -0.25) is 4.79 Å². The number of hydrogen-bond donors (Lipinski definition) is 4. The summed E-state index contributed by atoms with van der Waals surface area (Å²) >= 11 is 0. The highest BCUT2D eigenvalue weighted by atomic mass is 19.1. The Morgan fingerprint density at radius 2 is 1.88 bits per heavy atom. The molecule has 0 saturated heterocycles. The normalized spacial score (nSPS) is 16.0. The van der Waals surface area contributed by atoms with Crippen LogP contribution in [0.3, 0.4) is 0 Å². The predicted octanol–water partition coefficient (Wildman–Crippen LogP) is 2.74. The van der Waals surface area contributed by atoms with E-state index in [1.165, 1.54) is 24.3 Å². The number of primary amides is 1. The Hall–Kier alpha value is -2.74. The van der Waals surface area contributed by atoms with Crippen LogP contribution in [0.25, 0.3) is 0 Å². The maximum Gasteiger partial charge on any atom is 0.252 e. The van der Waals surface area contributed by atoms with Crippen LogP contribution in [0.4, 0.5) is 26.1 Å². The number of nitrogens with zero attached hydrogens (tertiary/aromatic N) is 1. The van der Waals surface area contributed by atoms with E-state index >= 15 is 0 Å². The number of nitrogens with one attached hydrogen (secondary N) is 2. The number of anilines is 3. The lowest BCUT2D eigenvalue weighted by Gasteiger charge is -2.23. The highest BCUT2D eigenvalue weighted by molar-refractivity contribution is 5.98. The molecule has 0 radical (unpaired) electrons. The number of halogens is 2. The largest absolute Gasteiger partial charge is 0.365 e. The lowest BCUT2D eigenvalue weighted by molar-refractivity contribution is 0.100. The summed E-state index contributed by atoms with van der Waals surface area (Å²) in [5.74, 6) is -1.45. The molecule has 1 aliphatic rings. The van der Waals surface area contributed by atoms with Gasteiger partial charge in [-0.15, -0.1) is 0 Å². The van der Waals surface area contributed by atoms with Gasteiger partial charge >= 0.3 is 0 Å². The number of pyridine rings is 1. The Kier molecular flexibility index (Phi) is 5.03. The molecule has 1 aromatic carbocycles. The van der Waals surface area contributed by atoms with E-state index in [0.717, 1.165) is 18.9 Å². The molecule has 0 unspecified atom stereocenters. The van der Waals surface area contributed by atoms with Crippen molar-refractivity contribution in [2.75, 3.05) is 10.6 Å². The zero-order chi connectivity index (χ0) is 18.8. The van der Waals surface area contributed by atoms with E-state index in [4.69, 9.17) is 11.5 Å². The van der Waals surface area contributed by atoms with Crippen molar-refractivity contribution in [3.8, 4) is 0 Å².